The number of pyridine rings is 1. The molecule has 1 heterocycles. The summed E-state index contributed by atoms with van der Waals surface area (Å²) in [6, 6.07) is 7.58. The first-order valence-corrected chi connectivity index (χ1v) is 9.08. The van der Waals surface area contributed by atoms with Crippen LogP contribution in [0.15, 0.2) is 57.2 Å². The first-order chi connectivity index (χ1) is 9.68. The molecule has 0 amide bonds. The van der Waals surface area contributed by atoms with Crippen LogP contribution in [0.1, 0.15) is 0 Å². The summed E-state index contributed by atoms with van der Waals surface area (Å²) in [5.74, 6) is 0. The topological polar surface area (TPSA) is 113 Å². The number of aromatic nitrogens is 1. The number of aromatic amines is 1. The second-order valence-electron chi connectivity index (χ2n) is 4.29. The number of sulfone groups is 1. The number of rotatable bonds is 4. The second-order valence-corrected chi connectivity index (χ2v) is 7.99. The highest BCUT2D eigenvalue weighted by Gasteiger charge is 2.14. The summed E-state index contributed by atoms with van der Waals surface area (Å²) in [5, 5.41) is 0. The molecule has 112 valence electrons. The third kappa shape index (κ3) is 3.70. The van der Waals surface area contributed by atoms with Crippen LogP contribution in [0, 0.1) is 0 Å². The van der Waals surface area contributed by atoms with E-state index in [9.17, 15) is 21.6 Å². The van der Waals surface area contributed by atoms with Gasteiger partial charge in [0.05, 0.1) is 4.90 Å². The van der Waals surface area contributed by atoms with E-state index in [0.29, 0.717) is 0 Å². The average molecular weight is 328 g/mol. The summed E-state index contributed by atoms with van der Waals surface area (Å²) in [6.07, 6.45) is 2.14. The number of anilines is 1. The Morgan fingerprint density at radius 3 is 1.95 bits per heavy atom. The van der Waals surface area contributed by atoms with Crippen LogP contribution in [0.3, 0.4) is 0 Å². The quantitative estimate of drug-likeness (QED) is 0.852. The fourth-order valence-electron chi connectivity index (χ4n) is 1.55. The lowest BCUT2D eigenvalue weighted by atomic mass is 10.3. The van der Waals surface area contributed by atoms with Gasteiger partial charge in [-0.25, -0.2) is 16.8 Å². The molecular weight excluding hydrogens is 316 g/mol. The lowest BCUT2D eigenvalue weighted by molar-refractivity contribution is 0.600. The Bertz CT molecular complexity index is 892. The second kappa shape index (κ2) is 5.34. The Balaban J connectivity index is 2.29. The van der Waals surface area contributed by atoms with Crippen LogP contribution in [-0.4, -0.2) is 28.1 Å². The van der Waals surface area contributed by atoms with E-state index in [1.165, 1.54) is 30.3 Å². The maximum absolute atomic E-state index is 12.0. The van der Waals surface area contributed by atoms with Crippen molar-refractivity contribution in [3.63, 3.8) is 0 Å². The molecule has 0 fully saturated rings. The third-order valence-corrected chi connectivity index (χ3v) is 5.11. The van der Waals surface area contributed by atoms with Gasteiger partial charge in [-0.1, -0.05) is 0 Å². The van der Waals surface area contributed by atoms with Gasteiger partial charge in [0.15, 0.2) is 9.84 Å². The van der Waals surface area contributed by atoms with Crippen molar-refractivity contribution in [1.82, 2.24) is 4.98 Å². The molecule has 0 saturated carbocycles. The Kier molecular flexibility index (Phi) is 3.88. The summed E-state index contributed by atoms with van der Waals surface area (Å²) in [5.41, 5.74) is -0.194. The van der Waals surface area contributed by atoms with E-state index >= 15 is 0 Å². The van der Waals surface area contributed by atoms with Crippen molar-refractivity contribution in [2.75, 3.05) is 11.0 Å². The van der Waals surface area contributed by atoms with E-state index in [1.54, 1.807) is 0 Å². The maximum atomic E-state index is 12.0. The highest BCUT2D eigenvalue weighted by Crippen LogP contribution is 2.17. The van der Waals surface area contributed by atoms with Crippen LogP contribution in [-0.2, 0) is 19.9 Å². The van der Waals surface area contributed by atoms with E-state index < -0.39 is 25.4 Å². The monoisotopic (exact) mass is 328 g/mol. The maximum Gasteiger partial charge on any atom is 0.263 e. The van der Waals surface area contributed by atoms with Gasteiger partial charge in [-0.15, -0.1) is 0 Å². The van der Waals surface area contributed by atoms with Gasteiger partial charge in [0.2, 0.25) is 5.56 Å². The molecule has 1 aromatic carbocycles. The minimum absolute atomic E-state index is 0.0921. The van der Waals surface area contributed by atoms with Crippen molar-refractivity contribution >= 4 is 25.5 Å². The van der Waals surface area contributed by atoms with Gasteiger partial charge in [0, 0.05) is 24.2 Å². The first kappa shape index (κ1) is 15.3. The molecule has 0 radical (unpaired) electrons. The Hall–Kier alpha value is -2.13. The van der Waals surface area contributed by atoms with Crippen molar-refractivity contribution < 1.29 is 16.8 Å². The van der Waals surface area contributed by atoms with Gasteiger partial charge >= 0.3 is 0 Å². The predicted molar refractivity (Wildman–Crippen MR) is 77.4 cm³/mol. The van der Waals surface area contributed by atoms with E-state index in [-0.39, 0.29) is 15.5 Å². The summed E-state index contributed by atoms with van der Waals surface area (Å²) in [6.45, 7) is 0. The predicted octanol–water partition coefficient (Wildman–Crippen LogP) is 0.579. The molecule has 7 nitrogen and oxygen atoms in total. The third-order valence-electron chi connectivity index (χ3n) is 2.60. The molecule has 0 bridgehead atoms. The van der Waals surface area contributed by atoms with E-state index in [1.807, 2.05) is 0 Å². The molecule has 21 heavy (non-hydrogen) atoms. The van der Waals surface area contributed by atoms with Gasteiger partial charge in [-0.05, 0) is 30.3 Å². The zero-order chi connectivity index (χ0) is 15.7. The number of benzene rings is 1. The fourth-order valence-corrected chi connectivity index (χ4v) is 3.20. The van der Waals surface area contributed by atoms with Crippen LogP contribution in [0.25, 0.3) is 0 Å². The fraction of sp³-hybridized carbons (Fsp3) is 0.0833. The Labute approximate surface area is 121 Å². The number of hydrogen-bond donors (Lipinski definition) is 2. The minimum Gasteiger partial charge on any atom is -0.328 e. The summed E-state index contributed by atoms with van der Waals surface area (Å²) < 4.78 is 49.0. The molecule has 2 N–H and O–H groups in total. The Morgan fingerprint density at radius 2 is 1.48 bits per heavy atom. The molecule has 0 aliphatic rings. The lowest BCUT2D eigenvalue weighted by Gasteiger charge is -2.08. The molecule has 2 aromatic rings. The molecule has 0 aliphatic carbocycles. The number of sulfonamides is 1. The number of nitrogens with one attached hydrogen (secondary N) is 2. The largest absolute Gasteiger partial charge is 0.328 e. The van der Waals surface area contributed by atoms with E-state index in [2.05, 4.69) is 9.71 Å². The molecule has 9 heteroatoms. The highest BCUT2D eigenvalue weighted by atomic mass is 32.2. The molecule has 0 unspecified atom stereocenters. The minimum atomic E-state index is -3.85. The van der Waals surface area contributed by atoms with Crippen molar-refractivity contribution in [2.24, 2.45) is 0 Å². The smallest absolute Gasteiger partial charge is 0.263 e. The zero-order valence-corrected chi connectivity index (χ0v) is 12.5. The summed E-state index contributed by atoms with van der Waals surface area (Å²) >= 11 is 0. The molecule has 0 aliphatic heterocycles. The van der Waals surface area contributed by atoms with Gasteiger partial charge in [-0.3, -0.25) is 9.52 Å². The van der Waals surface area contributed by atoms with Gasteiger partial charge in [0.1, 0.15) is 4.90 Å². The number of H-pyrrole nitrogens is 1. The average Bonchev–Trinajstić information content (AvgIpc) is 2.38. The van der Waals surface area contributed by atoms with Gasteiger partial charge in [0.25, 0.3) is 10.0 Å². The highest BCUT2D eigenvalue weighted by molar-refractivity contribution is 7.92. The van der Waals surface area contributed by atoms with Crippen LogP contribution in [0.5, 0.6) is 0 Å². The number of hydrogen-bond acceptors (Lipinski definition) is 5. The SMILES string of the molecule is CS(=O)(=O)c1ccc(NS(=O)(=O)c2ccc(=O)[nH]c2)cc1. The van der Waals surface area contributed by atoms with Gasteiger partial charge in [-0.2, -0.15) is 0 Å². The van der Waals surface area contributed by atoms with Crippen molar-refractivity contribution in [3.8, 4) is 0 Å². The normalized spacial score (nSPS) is 12.0. The van der Waals surface area contributed by atoms with Crippen LogP contribution < -0.4 is 10.3 Å². The summed E-state index contributed by atoms with van der Waals surface area (Å²) in [4.78, 5) is 13.2. The van der Waals surface area contributed by atoms with Crippen molar-refractivity contribution in [1.29, 1.82) is 0 Å². The molecule has 0 saturated heterocycles. The first-order valence-electron chi connectivity index (χ1n) is 5.70. The van der Waals surface area contributed by atoms with Gasteiger partial charge < -0.3 is 4.98 Å². The van der Waals surface area contributed by atoms with Crippen molar-refractivity contribution in [2.45, 2.75) is 9.79 Å². The molecule has 0 spiro atoms. The molecular formula is C12H12N2O5S2. The standard InChI is InChI=1S/C12H12N2O5S2/c1-20(16,17)10-4-2-9(3-5-10)14-21(18,19)11-6-7-12(15)13-8-11/h2-8,14H,1H3,(H,13,15). The van der Waals surface area contributed by atoms with Crippen LogP contribution in [0.4, 0.5) is 5.69 Å². The summed E-state index contributed by atoms with van der Waals surface area (Å²) in [7, 11) is -7.19. The van der Waals surface area contributed by atoms with E-state index in [4.69, 9.17) is 0 Å². The molecule has 0 atom stereocenters. The van der Waals surface area contributed by atoms with Crippen LogP contribution in [0.2, 0.25) is 0 Å². The lowest BCUT2D eigenvalue weighted by Crippen LogP contribution is -2.15. The van der Waals surface area contributed by atoms with E-state index in [0.717, 1.165) is 18.5 Å². The molecule has 1 aromatic heterocycles. The van der Waals surface area contributed by atoms with Crippen LogP contribution >= 0.6 is 0 Å². The Morgan fingerprint density at radius 1 is 0.905 bits per heavy atom. The van der Waals surface area contributed by atoms with Crippen molar-refractivity contribution in [3.05, 3.63) is 52.9 Å². The zero-order valence-electron chi connectivity index (χ0n) is 10.9. The molecule has 2 rings (SSSR count).